The van der Waals surface area contributed by atoms with Crippen LogP contribution in [0.5, 0.6) is 0 Å². The molecular weight excluding hydrogens is 770 g/mol. The van der Waals surface area contributed by atoms with E-state index in [-0.39, 0.29) is 96.4 Å². The zero-order valence-electron chi connectivity index (χ0n) is 31.4. The molecule has 0 heterocycles. The average molecular weight is 823 g/mol. The first-order valence-corrected chi connectivity index (χ1v) is 19.1. The Balaban J connectivity index is 0. The number of carbonyl (C=O) groups is 6. The predicted molar refractivity (Wildman–Crippen MR) is 200 cm³/mol. The molecule has 0 aromatic carbocycles. The molecule has 0 atom stereocenters. The second kappa shape index (κ2) is 30.8. The molecule has 4 N–H and O–H groups in total. The number of rotatable bonds is 30. The summed E-state index contributed by atoms with van der Waals surface area (Å²) in [6, 6.07) is 0. The van der Waals surface area contributed by atoms with Crippen molar-refractivity contribution in [3.05, 3.63) is 74.4 Å². The minimum absolute atomic E-state index is 0.0411. The van der Waals surface area contributed by atoms with Crippen LogP contribution in [-0.2, 0) is 74.5 Å². The molecule has 0 aliphatic carbocycles. The van der Waals surface area contributed by atoms with Crippen LogP contribution in [0.3, 0.4) is 0 Å². The lowest BCUT2D eigenvalue weighted by Crippen LogP contribution is -2.28. The third-order valence-electron chi connectivity index (χ3n) is 5.38. The predicted octanol–water partition coefficient (Wildman–Crippen LogP) is 2.13. The highest BCUT2D eigenvalue weighted by atomic mass is 31.2. The third kappa shape index (κ3) is 29.5. The molecule has 0 spiro atoms. The minimum Gasteiger partial charge on any atom is -0.460 e. The van der Waals surface area contributed by atoms with Crippen molar-refractivity contribution in [1.29, 1.82) is 0 Å². The highest BCUT2D eigenvalue weighted by Crippen LogP contribution is 2.49. The van der Waals surface area contributed by atoms with Gasteiger partial charge in [-0.1, -0.05) is 39.5 Å². The van der Waals surface area contributed by atoms with Gasteiger partial charge in [0.05, 0.1) is 39.6 Å². The van der Waals surface area contributed by atoms with Crippen LogP contribution in [0.4, 0.5) is 0 Å². The van der Waals surface area contributed by atoms with E-state index in [2.05, 4.69) is 65.5 Å². The number of amides is 4. The van der Waals surface area contributed by atoms with Gasteiger partial charge in [-0.05, 0) is 32.9 Å². The van der Waals surface area contributed by atoms with E-state index in [1.165, 1.54) is 6.92 Å². The molecule has 0 aliphatic rings. The van der Waals surface area contributed by atoms with Crippen LogP contribution in [0.15, 0.2) is 74.4 Å². The SMILES string of the molecule is C=C(C)C(=O)NCCOP(=O)(OCCNC(=O)C(=C)C)OCCOC(=O)C(=C)C.C=CC(=O)NCCOP(=O)(OCCNC(=O)C=C)OCCOC(=O)C=C. The van der Waals surface area contributed by atoms with Gasteiger partial charge < -0.3 is 30.7 Å². The van der Waals surface area contributed by atoms with Crippen molar-refractivity contribution < 1.29 is 74.5 Å². The molecule has 0 saturated heterocycles. The number of ether oxygens (including phenoxy) is 2. The van der Waals surface area contributed by atoms with Gasteiger partial charge in [-0.2, -0.15) is 0 Å². The van der Waals surface area contributed by atoms with Crippen molar-refractivity contribution in [2.45, 2.75) is 20.8 Å². The molecule has 0 bridgehead atoms. The Morgan fingerprint density at radius 3 is 1.11 bits per heavy atom. The maximum atomic E-state index is 12.7. The Kier molecular flexibility index (Phi) is 29.4. The van der Waals surface area contributed by atoms with Gasteiger partial charge in [-0.3, -0.25) is 46.3 Å². The molecule has 0 rings (SSSR count). The van der Waals surface area contributed by atoms with E-state index in [1.54, 1.807) is 13.8 Å². The van der Waals surface area contributed by atoms with Gasteiger partial charge in [0.2, 0.25) is 23.6 Å². The van der Waals surface area contributed by atoms with E-state index >= 15 is 0 Å². The van der Waals surface area contributed by atoms with Gasteiger partial charge in [0.15, 0.2) is 0 Å². The smallest absolute Gasteiger partial charge is 0.460 e. The number of esters is 2. The van der Waals surface area contributed by atoms with Crippen molar-refractivity contribution >= 4 is 51.2 Å². The van der Waals surface area contributed by atoms with Crippen molar-refractivity contribution in [2.75, 3.05) is 79.0 Å². The maximum Gasteiger partial charge on any atom is 0.475 e. The van der Waals surface area contributed by atoms with E-state index in [0.29, 0.717) is 11.1 Å². The second-order valence-corrected chi connectivity index (χ2v) is 13.6. The van der Waals surface area contributed by atoms with Crippen LogP contribution in [0, 0.1) is 0 Å². The van der Waals surface area contributed by atoms with Crippen molar-refractivity contribution in [3.63, 3.8) is 0 Å². The minimum atomic E-state index is -4.03. The Bertz CT molecular complexity index is 1300. The summed E-state index contributed by atoms with van der Waals surface area (Å²) in [7, 11) is -8.03. The van der Waals surface area contributed by atoms with E-state index < -0.39 is 39.4 Å². The summed E-state index contributed by atoms with van der Waals surface area (Å²) in [4.78, 5) is 67.1. The molecule has 20 nitrogen and oxygen atoms in total. The first kappa shape index (κ1) is 52.6. The molecule has 0 aliphatic heterocycles. The first-order chi connectivity index (χ1) is 25.8. The fourth-order valence-corrected chi connectivity index (χ4v) is 5.04. The quantitative estimate of drug-likeness (QED) is 0.0350. The number of carbonyl (C=O) groups excluding carboxylic acids is 6. The zero-order valence-corrected chi connectivity index (χ0v) is 33.2. The standard InChI is InChI=1S/C18H29N2O8P.C15H23N2O8P/c1-13(2)16(21)19-7-9-26-29(24,27-10-8-20-17(22)14(3)4)28-12-11-25-18(23)15(5)6;1-4-13(18)16-7-9-23-26(21,24-10-8-17-14(19)5-2)25-12-11-22-15(20)6-3/h1,3,5,7-12H2,2,4,6H3,(H,19,21)(H,20,22);4-6H,1-3,7-12H2,(H,16,18)(H,17,19). The molecule has 0 radical (unpaired) electrons. The molecule has 0 fully saturated rings. The number of hydrogen-bond acceptors (Lipinski definition) is 16. The molecule has 22 heteroatoms. The van der Waals surface area contributed by atoms with E-state index in [9.17, 15) is 37.9 Å². The summed E-state index contributed by atoms with van der Waals surface area (Å²) in [6.07, 6.45) is 3.11. The third-order valence-corrected chi connectivity index (χ3v) is 8.37. The lowest BCUT2D eigenvalue weighted by atomic mass is 10.3. The summed E-state index contributed by atoms with van der Waals surface area (Å²) in [5, 5.41) is 9.85. The lowest BCUT2D eigenvalue weighted by molar-refractivity contribution is -0.140. The Morgan fingerprint density at radius 2 is 0.800 bits per heavy atom. The van der Waals surface area contributed by atoms with Crippen molar-refractivity contribution in [2.24, 2.45) is 0 Å². The molecule has 0 saturated carbocycles. The normalized spacial score (nSPS) is 10.6. The van der Waals surface area contributed by atoms with Crippen LogP contribution in [-0.4, -0.2) is 115 Å². The Morgan fingerprint density at radius 1 is 0.473 bits per heavy atom. The summed E-state index contributed by atoms with van der Waals surface area (Å²) in [5.41, 5.74) is 0.837. The summed E-state index contributed by atoms with van der Waals surface area (Å²) in [6.45, 7) is 23.4. The lowest BCUT2D eigenvalue weighted by Gasteiger charge is -2.18. The molecule has 0 aromatic rings. The monoisotopic (exact) mass is 822 g/mol. The number of phosphoric ester groups is 2. The van der Waals surface area contributed by atoms with Gasteiger partial charge >= 0.3 is 27.6 Å². The van der Waals surface area contributed by atoms with Crippen molar-refractivity contribution in [1.82, 2.24) is 21.3 Å². The largest absolute Gasteiger partial charge is 0.475 e. The number of phosphoric acid groups is 2. The zero-order chi connectivity index (χ0) is 42.3. The van der Waals surface area contributed by atoms with Crippen LogP contribution in [0.1, 0.15) is 20.8 Å². The fraction of sp³-hybridized carbons (Fsp3) is 0.455. The van der Waals surface area contributed by atoms with Crippen molar-refractivity contribution in [3.8, 4) is 0 Å². The summed E-state index contributed by atoms with van der Waals surface area (Å²) < 4.78 is 65.2. The van der Waals surface area contributed by atoms with E-state index in [4.69, 9.17) is 31.9 Å². The topological polar surface area (TPSA) is 259 Å². The molecule has 55 heavy (non-hydrogen) atoms. The number of hydrogen-bond donors (Lipinski definition) is 4. The molecule has 0 aromatic heterocycles. The van der Waals surface area contributed by atoms with Crippen LogP contribution in [0.2, 0.25) is 0 Å². The fourth-order valence-electron chi connectivity index (χ4n) is 2.73. The van der Waals surface area contributed by atoms with E-state index in [0.717, 1.165) is 18.2 Å². The molecule has 4 amide bonds. The van der Waals surface area contributed by atoms with Gasteiger partial charge in [0.25, 0.3) is 0 Å². The highest BCUT2D eigenvalue weighted by molar-refractivity contribution is 7.48. The second-order valence-electron chi connectivity index (χ2n) is 10.2. The van der Waals surface area contributed by atoms with Gasteiger partial charge in [-0.25, -0.2) is 18.7 Å². The molecule has 0 unspecified atom stereocenters. The first-order valence-electron chi connectivity index (χ1n) is 16.2. The average Bonchev–Trinajstić information content (AvgIpc) is 3.15. The molecular formula is C33H52N4O16P2. The Hall–Kier alpha value is -4.52. The van der Waals surface area contributed by atoms with Crippen LogP contribution in [0.25, 0.3) is 0 Å². The highest BCUT2D eigenvalue weighted by Gasteiger charge is 2.28. The van der Waals surface area contributed by atoms with Crippen LogP contribution >= 0.6 is 15.6 Å². The summed E-state index contributed by atoms with van der Waals surface area (Å²) >= 11 is 0. The van der Waals surface area contributed by atoms with Crippen LogP contribution < -0.4 is 21.3 Å². The summed E-state index contributed by atoms with van der Waals surface area (Å²) in [5.74, 6) is -2.87. The molecule has 310 valence electrons. The van der Waals surface area contributed by atoms with E-state index in [1.807, 2.05) is 0 Å². The van der Waals surface area contributed by atoms with Gasteiger partial charge in [0, 0.05) is 49.0 Å². The van der Waals surface area contributed by atoms with Gasteiger partial charge in [-0.15, -0.1) is 0 Å². The number of nitrogens with one attached hydrogen (secondary N) is 4. The van der Waals surface area contributed by atoms with Gasteiger partial charge in [0.1, 0.15) is 13.2 Å². The Labute approximate surface area is 320 Å². The maximum absolute atomic E-state index is 12.7.